The molecular weight excluding hydrogens is 330 g/mol. The van der Waals surface area contributed by atoms with E-state index >= 15 is 0 Å². The summed E-state index contributed by atoms with van der Waals surface area (Å²) in [5.74, 6) is -0.242. The molecule has 0 N–H and O–H groups in total. The Balaban J connectivity index is 1.63. The number of hydrogen-bond acceptors (Lipinski definition) is 4. The predicted molar refractivity (Wildman–Crippen MR) is 97.6 cm³/mol. The third kappa shape index (κ3) is 4.04. The molecule has 136 valence electrons. The van der Waals surface area contributed by atoms with Crippen LogP contribution in [0.4, 0.5) is 4.79 Å². The van der Waals surface area contributed by atoms with Gasteiger partial charge in [-0.1, -0.05) is 60.7 Å². The van der Waals surface area contributed by atoms with Gasteiger partial charge in [0, 0.05) is 18.5 Å². The van der Waals surface area contributed by atoms with Gasteiger partial charge in [-0.25, -0.2) is 4.79 Å². The van der Waals surface area contributed by atoms with Crippen LogP contribution < -0.4 is 0 Å². The molecule has 1 heterocycles. The summed E-state index contributed by atoms with van der Waals surface area (Å²) in [6.45, 7) is 3.28. The van der Waals surface area contributed by atoms with E-state index in [1.807, 2.05) is 60.7 Å². The molecule has 5 nitrogen and oxygen atoms in total. The molecule has 1 saturated heterocycles. The SMILES string of the molecule is CCOC(=O)CC1(c2ccccc2)CN(C(=O)OCc2ccccc2)C1. The summed E-state index contributed by atoms with van der Waals surface area (Å²) in [6, 6.07) is 19.4. The van der Waals surface area contributed by atoms with Crippen molar-refractivity contribution in [3.63, 3.8) is 0 Å². The van der Waals surface area contributed by atoms with Gasteiger partial charge in [-0.05, 0) is 18.1 Å². The lowest BCUT2D eigenvalue weighted by Crippen LogP contribution is -2.62. The van der Waals surface area contributed by atoms with Crippen molar-refractivity contribution in [2.45, 2.75) is 25.4 Å². The van der Waals surface area contributed by atoms with Crippen LogP contribution in [0.25, 0.3) is 0 Å². The van der Waals surface area contributed by atoms with Crippen molar-refractivity contribution < 1.29 is 19.1 Å². The van der Waals surface area contributed by atoms with Gasteiger partial charge in [0.05, 0.1) is 13.0 Å². The van der Waals surface area contributed by atoms with E-state index in [1.165, 1.54) is 0 Å². The third-order valence-electron chi connectivity index (χ3n) is 4.62. The van der Waals surface area contributed by atoms with Crippen LogP contribution >= 0.6 is 0 Å². The highest BCUT2D eigenvalue weighted by atomic mass is 16.6. The van der Waals surface area contributed by atoms with E-state index in [9.17, 15) is 9.59 Å². The Labute approximate surface area is 153 Å². The molecule has 1 aliphatic heterocycles. The molecule has 2 aromatic rings. The molecule has 26 heavy (non-hydrogen) atoms. The first kappa shape index (κ1) is 18.0. The standard InChI is InChI=1S/C21H23NO4/c1-2-25-19(23)13-21(18-11-7-4-8-12-18)15-22(16-21)20(24)26-14-17-9-5-3-6-10-17/h3-12H,2,13-16H2,1H3. The third-order valence-corrected chi connectivity index (χ3v) is 4.62. The summed E-state index contributed by atoms with van der Waals surface area (Å²) < 4.78 is 10.5. The van der Waals surface area contributed by atoms with Crippen LogP contribution in [0, 0.1) is 0 Å². The Bertz CT molecular complexity index is 739. The Morgan fingerprint density at radius 3 is 2.19 bits per heavy atom. The van der Waals surface area contributed by atoms with Crippen molar-refractivity contribution in [3.8, 4) is 0 Å². The number of likely N-dealkylation sites (tertiary alicyclic amines) is 1. The second-order valence-corrected chi connectivity index (χ2v) is 6.52. The minimum absolute atomic E-state index is 0.242. The number of carbonyl (C=O) groups is 2. The molecule has 1 aliphatic rings. The zero-order valence-corrected chi connectivity index (χ0v) is 14.9. The maximum absolute atomic E-state index is 12.3. The average molecular weight is 353 g/mol. The van der Waals surface area contributed by atoms with Gasteiger partial charge in [-0.15, -0.1) is 0 Å². The van der Waals surface area contributed by atoms with Gasteiger partial charge in [-0.3, -0.25) is 4.79 Å². The Morgan fingerprint density at radius 1 is 0.962 bits per heavy atom. The number of benzene rings is 2. The number of ether oxygens (including phenoxy) is 2. The zero-order valence-electron chi connectivity index (χ0n) is 14.9. The van der Waals surface area contributed by atoms with E-state index in [4.69, 9.17) is 9.47 Å². The van der Waals surface area contributed by atoms with Crippen molar-refractivity contribution >= 4 is 12.1 Å². The van der Waals surface area contributed by atoms with Gasteiger partial charge in [0.25, 0.3) is 0 Å². The number of hydrogen-bond donors (Lipinski definition) is 0. The first-order chi connectivity index (χ1) is 12.6. The molecule has 0 aliphatic carbocycles. The fourth-order valence-electron chi connectivity index (χ4n) is 3.30. The van der Waals surface area contributed by atoms with E-state index in [0.29, 0.717) is 19.7 Å². The van der Waals surface area contributed by atoms with E-state index in [2.05, 4.69) is 0 Å². The van der Waals surface area contributed by atoms with Crippen molar-refractivity contribution in [2.24, 2.45) is 0 Å². The Hall–Kier alpha value is -2.82. The van der Waals surface area contributed by atoms with Crippen molar-refractivity contribution in [2.75, 3.05) is 19.7 Å². The van der Waals surface area contributed by atoms with Crippen LogP contribution in [0.3, 0.4) is 0 Å². The van der Waals surface area contributed by atoms with Gasteiger partial charge in [0.15, 0.2) is 0 Å². The zero-order chi connectivity index (χ0) is 18.4. The predicted octanol–water partition coefficient (Wildman–Crippen LogP) is 3.53. The monoisotopic (exact) mass is 353 g/mol. The highest BCUT2D eigenvalue weighted by molar-refractivity contribution is 5.75. The Morgan fingerprint density at radius 2 is 1.58 bits per heavy atom. The van der Waals surface area contributed by atoms with E-state index in [0.717, 1.165) is 11.1 Å². The van der Waals surface area contributed by atoms with Crippen LogP contribution in [-0.2, 0) is 26.3 Å². The molecule has 0 atom stereocenters. The van der Waals surface area contributed by atoms with Crippen molar-refractivity contribution in [1.82, 2.24) is 4.90 Å². The first-order valence-electron chi connectivity index (χ1n) is 8.80. The van der Waals surface area contributed by atoms with Gasteiger partial charge >= 0.3 is 12.1 Å². The molecule has 0 aromatic heterocycles. The summed E-state index contributed by atoms with van der Waals surface area (Å²) in [7, 11) is 0. The molecule has 0 bridgehead atoms. The average Bonchev–Trinajstić information content (AvgIpc) is 2.64. The Kier molecular flexibility index (Phi) is 5.56. The normalized spacial score (nSPS) is 15.0. The number of nitrogens with zero attached hydrogens (tertiary/aromatic N) is 1. The van der Waals surface area contributed by atoms with Gasteiger partial charge < -0.3 is 14.4 Å². The lowest BCUT2D eigenvalue weighted by atomic mass is 9.71. The first-order valence-corrected chi connectivity index (χ1v) is 8.80. The summed E-state index contributed by atoms with van der Waals surface area (Å²) in [4.78, 5) is 26.0. The summed E-state index contributed by atoms with van der Waals surface area (Å²) in [6.07, 6.45) is -0.0999. The van der Waals surface area contributed by atoms with Gasteiger partial charge in [-0.2, -0.15) is 0 Å². The molecule has 1 fully saturated rings. The largest absolute Gasteiger partial charge is 0.466 e. The number of amides is 1. The minimum Gasteiger partial charge on any atom is -0.466 e. The van der Waals surface area contributed by atoms with Gasteiger partial charge in [0.1, 0.15) is 6.61 Å². The van der Waals surface area contributed by atoms with Crippen LogP contribution in [0.2, 0.25) is 0 Å². The molecule has 3 rings (SSSR count). The van der Waals surface area contributed by atoms with E-state index in [-0.39, 0.29) is 25.1 Å². The van der Waals surface area contributed by atoms with Gasteiger partial charge in [0.2, 0.25) is 0 Å². The summed E-state index contributed by atoms with van der Waals surface area (Å²) >= 11 is 0. The smallest absolute Gasteiger partial charge is 0.410 e. The number of rotatable bonds is 6. The summed E-state index contributed by atoms with van der Waals surface area (Å²) in [5.41, 5.74) is 1.58. The fraction of sp³-hybridized carbons (Fsp3) is 0.333. The topological polar surface area (TPSA) is 55.8 Å². The molecule has 0 radical (unpaired) electrons. The van der Waals surface area contributed by atoms with Crippen molar-refractivity contribution in [1.29, 1.82) is 0 Å². The van der Waals surface area contributed by atoms with E-state index in [1.54, 1.807) is 11.8 Å². The number of carbonyl (C=O) groups excluding carboxylic acids is 2. The molecule has 2 aromatic carbocycles. The quantitative estimate of drug-likeness (QED) is 0.746. The van der Waals surface area contributed by atoms with Crippen LogP contribution in [-0.4, -0.2) is 36.7 Å². The lowest BCUT2D eigenvalue weighted by Gasteiger charge is -2.49. The molecular formula is C21H23NO4. The molecule has 0 unspecified atom stereocenters. The molecule has 0 spiro atoms. The maximum Gasteiger partial charge on any atom is 0.410 e. The highest BCUT2D eigenvalue weighted by Gasteiger charge is 2.48. The molecule has 5 heteroatoms. The second kappa shape index (κ2) is 8.04. The minimum atomic E-state index is -0.403. The summed E-state index contributed by atoms with van der Waals surface area (Å²) in [5, 5.41) is 0. The second-order valence-electron chi connectivity index (χ2n) is 6.52. The van der Waals surface area contributed by atoms with Crippen molar-refractivity contribution in [3.05, 3.63) is 71.8 Å². The molecule has 1 amide bonds. The van der Waals surface area contributed by atoms with Crippen LogP contribution in [0.5, 0.6) is 0 Å². The number of esters is 1. The van der Waals surface area contributed by atoms with E-state index < -0.39 is 5.41 Å². The fourth-order valence-corrected chi connectivity index (χ4v) is 3.30. The van der Waals surface area contributed by atoms with Crippen LogP contribution in [0.15, 0.2) is 60.7 Å². The lowest BCUT2D eigenvalue weighted by molar-refractivity contribution is -0.146. The highest BCUT2D eigenvalue weighted by Crippen LogP contribution is 2.38. The molecule has 0 saturated carbocycles. The maximum atomic E-state index is 12.3. The van der Waals surface area contributed by atoms with Crippen LogP contribution in [0.1, 0.15) is 24.5 Å².